The van der Waals surface area contributed by atoms with Gasteiger partial charge in [-0.15, -0.1) is 0 Å². The number of aromatic nitrogens is 1. The van der Waals surface area contributed by atoms with Gasteiger partial charge >= 0.3 is 0 Å². The molecule has 3 nitrogen and oxygen atoms in total. The van der Waals surface area contributed by atoms with Gasteiger partial charge in [0.25, 0.3) is 0 Å². The number of hydrogen-bond donors (Lipinski definition) is 1. The monoisotopic (exact) mass is 194 g/mol. The van der Waals surface area contributed by atoms with Gasteiger partial charge in [0.15, 0.2) is 5.82 Å². The highest BCUT2D eigenvalue weighted by molar-refractivity contribution is 5.34. The smallest absolute Gasteiger partial charge is 0.169 e. The Labute approximate surface area is 84.9 Å². The maximum absolute atomic E-state index is 5.01. The highest BCUT2D eigenvalue weighted by Gasteiger charge is 2.18. The van der Waals surface area contributed by atoms with E-state index in [-0.39, 0.29) is 0 Å². The van der Waals surface area contributed by atoms with Crippen molar-refractivity contribution in [1.82, 2.24) is 5.16 Å². The molecule has 2 rings (SSSR count). The van der Waals surface area contributed by atoms with E-state index in [0.29, 0.717) is 6.04 Å². The molecule has 0 spiro atoms. The van der Waals surface area contributed by atoms with Crippen LogP contribution in [0.5, 0.6) is 0 Å². The van der Waals surface area contributed by atoms with Gasteiger partial charge in [-0.3, -0.25) is 0 Å². The average molecular weight is 194 g/mol. The van der Waals surface area contributed by atoms with E-state index in [9.17, 15) is 0 Å². The van der Waals surface area contributed by atoms with Crippen LogP contribution in [-0.4, -0.2) is 11.2 Å². The van der Waals surface area contributed by atoms with Gasteiger partial charge in [0, 0.05) is 12.1 Å². The maximum Gasteiger partial charge on any atom is 0.169 e. The van der Waals surface area contributed by atoms with Crippen LogP contribution in [0.25, 0.3) is 0 Å². The van der Waals surface area contributed by atoms with Crippen LogP contribution in [0.3, 0.4) is 0 Å². The number of anilines is 1. The van der Waals surface area contributed by atoms with E-state index in [4.69, 9.17) is 4.52 Å². The molecule has 14 heavy (non-hydrogen) atoms. The Hall–Kier alpha value is -0.990. The van der Waals surface area contributed by atoms with Gasteiger partial charge in [-0.1, -0.05) is 12.1 Å². The second-order valence-electron chi connectivity index (χ2n) is 4.42. The van der Waals surface area contributed by atoms with Crippen LogP contribution in [0.1, 0.15) is 38.4 Å². The van der Waals surface area contributed by atoms with Gasteiger partial charge in [-0.2, -0.15) is 0 Å². The van der Waals surface area contributed by atoms with Crippen molar-refractivity contribution in [2.24, 2.45) is 5.92 Å². The normalized spacial score (nSPS) is 27.6. The Morgan fingerprint density at radius 3 is 2.64 bits per heavy atom. The van der Waals surface area contributed by atoms with Gasteiger partial charge in [0.1, 0.15) is 5.76 Å². The molecule has 1 heterocycles. The van der Waals surface area contributed by atoms with Crippen LogP contribution >= 0.6 is 0 Å². The third-order valence-corrected chi connectivity index (χ3v) is 3.00. The summed E-state index contributed by atoms with van der Waals surface area (Å²) in [5.41, 5.74) is 0. The quantitative estimate of drug-likeness (QED) is 0.786. The molecule has 3 heteroatoms. The molecule has 0 aliphatic heterocycles. The van der Waals surface area contributed by atoms with Crippen molar-refractivity contribution in [3.8, 4) is 0 Å². The molecule has 1 fully saturated rings. The van der Waals surface area contributed by atoms with E-state index in [1.807, 2.05) is 13.0 Å². The Kier molecular flexibility index (Phi) is 2.75. The molecule has 1 saturated carbocycles. The molecule has 78 valence electrons. The van der Waals surface area contributed by atoms with Crippen molar-refractivity contribution in [2.45, 2.75) is 45.6 Å². The molecule has 0 atom stereocenters. The molecule has 1 N–H and O–H groups in total. The fourth-order valence-electron chi connectivity index (χ4n) is 2.05. The fourth-order valence-corrected chi connectivity index (χ4v) is 2.05. The van der Waals surface area contributed by atoms with Crippen molar-refractivity contribution in [2.75, 3.05) is 5.32 Å². The van der Waals surface area contributed by atoms with Crippen molar-refractivity contribution >= 4 is 5.82 Å². The van der Waals surface area contributed by atoms with Crippen LogP contribution in [0, 0.1) is 12.8 Å². The summed E-state index contributed by atoms with van der Waals surface area (Å²) in [5.74, 6) is 2.66. The highest BCUT2D eigenvalue weighted by Crippen LogP contribution is 2.25. The number of nitrogens with one attached hydrogen (secondary N) is 1. The second kappa shape index (κ2) is 4.03. The molecule has 1 aliphatic carbocycles. The number of rotatable bonds is 2. The molecule has 1 aliphatic rings. The van der Waals surface area contributed by atoms with Crippen LogP contribution in [0.15, 0.2) is 10.6 Å². The maximum atomic E-state index is 5.01. The van der Waals surface area contributed by atoms with Gasteiger partial charge in [0.05, 0.1) is 0 Å². The summed E-state index contributed by atoms with van der Waals surface area (Å²) in [6.45, 7) is 4.25. The third kappa shape index (κ3) is 2.28. The summed E-state index contributed by atoms with van der Waals surface area (Å²) < 4.78 is 5.01. The van der Waals surface area contributed by atoms with E-state index in [0.717, 1.165) is 17.5 Å². The summed E-state index contributed by atoms with van der Waals surface area (Å²) in [5, 5.41) is 7.36. The molecular formula is C11H18N2O. The molecule has 0 unspecified atom stereocenters. The minimum absolute atomic E-state index is 0.593. The Bertz CT molecular complexity index is 287. The Balaban J connectivity index is 1.86. The summed E-state index contributed by atoms with van der Waals surface area (Å²) >= 11 is 0. The molecular weight excluding hydrogens is 176 g/mol. The van der Waals surface area contributed by atoms with E-state index in [1.165, 1.54) is 25.7 Å². The van der Waals surface area contributed by atoms with Crippen molar-refractivity contribution in [3.63, 3.8) is 0 Å². The first-order chi connectivity index (χ1) is 6.74. The molecule has 1 aromatic rings. The molecule has 1 aromatic heterocycles. The zero-order chi connectivity index (χ0) is 9.97. The molecule has 0 radical (unpaired) electrons. The first-order valence-electron chi connectivity index (χ1n) is 5.44. The SMILES string of the molecule is Cc1cc(NC2CCC(C)CC2)no1. The number of nitrogens with zero attached hydrogens (tertiary/aromatic N) is 1. The predicted molar refractivity (Wildman–Crippen MR) is 56.3 cm³/mol. The lowest BCUT2D eigenvalue weighted by atomic mass is 9.87. The van der Waals surface area contributed by atoms with E-state index in [1.54, 1.807) is 0 Å². The van der Waals surface area contributed by atoms with Gasteiger partial charge in [0.2, 0.25) is 0 Å². The summed E-state index contributed by atoms with van der Waals surface area (Å²) in [4.78, 5) is 0. The lowest BCUT2D eigenvalue weighted by Crippen LogP contribution is -2.25. The average Bonchev–Trinajstić information content (AvgIpc) is 2.56. The number of aryl methyl sites for hydroxylation is 1. The summed E-state index contributed by atoms with van der Waals surface area (Å²) in [6, 6.07) is 2.55. The standard InChI is InChI=1S/C11H18N2O/c1-8-3-5-10(6-4-8)12-11-7-9(2)14-13-11/h7-8,10H,3-6H2,1-2H3,(H,12,13). The van der Waals surface area contributed by atoms with Crippen molar-refractivity contribution in [1.29, 1.82) is 0 Å². The first-order valence-corrected chi connectivity index (χ1v) is 5.44. The van der Waals surface area contributed by atoms with Crippen LogP contribution in [0.2, 0.25) is 0 Å². The van der Waals surface area contributed by atoms with E-state index >= 15 is 0 Å². The largest absolute Gasteiger partial charge is 0.365 e. The van der Waals surface area contributed by atoms with Gasteiger partial charge in [-0.25, -0.2) is 0 Å². The zero-order valence-electron chi connectivity index (χ0n) is 8.92. The lowest BCUT2D eigenvalue weighted by Gasteiger charge is -2.26. The predicted octanol–water partition coefficient (Wildman–Crippen LogP) is 2.97. The summed E-state index contributed by atoms with van der Waals surface area (Å²) in [6.07, 6.45) is 5.17. The highest BCUT2D eigenvalue weighted by atomic mass is 16.5. The lowest BCUT2D eigenvalue weighted by molar-refractivity contribution is 0.357. The molecule has 0 bridgehead atoms. The van der Waals surface area contributed by atoms with Crippen LogP contribution in [-0.2, 0) is 0 Å². The third-order valence-electron chi connectivity index (χ3n) is 3.00. The van der Waals surface area contributed by atoms with Gasteiger partial charge in [-0.05, 0) is 38.5 Å². The van der Waals surface area contributed by atoms with E-state index < -0.39 is 0 Å². The Morgan fingerprint density at radius 1 is 1.36 bits per heavy atom. The van der Waals surface area contributed by atoms with Crippen LogP contribution in [0.4, 0.5) is 5.82 Å². The minimum Gasteiger partial charge on any atom is -0.365 e. The van der Waals surface area contributed by atoms with Crippen molar-refractivity contribution in [3.05, 3.63) is 11.8 Å². The second-order valence-corrected chi connectivity index (χ2v) is 4.42. The molecule has 0 aromatic carbocycles. The minimum atomic E-state index is 0.593. The first kappa shape index (κ1) is 9.56. The van der Waals surface area contributed by atoms with E-state index in [2.05, 4.69) is 17.4 Å². The Morgan fingerprint density at radius 2 is 2.07 bits per heavy atom. The van der Waals surface area contributed by atoms with Crippen molar-refractivity contribution < 1.29 is 4.52 Å². The van der Waals surface area contributed by atoms with Crippen LogP contribution < -0.4 is 5.32 Å². The summed E-state index contributed by atoms with van der Waals surface area (Å²) in [7, 11) is 0. The number of hydrogen-bond acceptors (Lipinski definition) is 3. The fraction of sp³-hybridized carbons (Fsp3) is 0.727. The molecule has 0 amide bonds. The molecule has 0 saturated heterocycles. The van der Waals surface area contributed by atoms with Gasteiger partial charge < -0.3 is 9.84 Å². The topological polar surface area (TPSA) is 38.1 Å². The zero-order valence-corrected chi connectivity index (χ0v) is 8.92.